The minimum Gasteiger partial charge on any atom is -0.351 e. The van der Waals surface area contributed by atoms with Crippen LogP contribution in [0.3, 0.4) is 0 Å². The van der Waals surface area contributed by atoms with Crippen molar-refractivity contribution >= 4 is 49.6 Å². The van der Waals surface area contributed by atoms with Crippen LogP contribution in [-0.4, -0.2) is 17.8 Å². The lowest BCUT2D eigenvalue weighted by molar-refractivity contribution is 0.0957. The van der Waals surface area contributed by atoms with Gasteiger partial charge in [-0.15, -0.1) is 34.3 Å². The molecule has 0 bridgehead atoms. The maximum Gasteiger partial charge on any atom is 0.261 e. The van der Waals surface area contributed by atoms with Crippen molar-refractivity contribution in [2.75, 3.05) is 6.54 Å². The Morgan fingerprint density at radius 2 is 2.35 bits per heavy atom. The zero-order valence-corrected chi connectivity index (χ0v) is 11.9. The molecule has 2 aromatic heterocycles. The van der Waals surface area contributed by atoms with E-state index in [1.165, 1.54) is 9.40 Å². The first kappa shape index (κ1) is 12.9. The van der Waals surface area contributed by atoms with Crippen molar-refractivity contribution < 1.29 is 4.79 Å². The molecule has 17 heavy (non-hydrogen) atoms. The zero-order valence-electron chi connectivity index (χ0n) is 9.53. The van der Waals surface area contributed by atoms with Crippen molar-refractivity contribution in [1.29, 1.82) is 0 Å². The second kappa shape index (κ2) is 5.85. The van der Waals surface area contributed by atoms with Crippen LogP contribution >= 0.6 is 34.3 Å². The number of hydrogen-bond acceptors (Lipinski definition) is 3. The molecule has 1 amide bonds. The lowest BCUT2D eigenvalue weighted by Crippen LogP contribution is -2.25. The van der Waals surface area contributed by atoms with Gasteiger partial charge in [0.1, 0.15) is 0 Å². The predicted molar refractivity (Wildman–Crippen MR) is 76.6 cm³/mol. The van der Waals surface area contributed by atoms with Gasteiger partial charge in [0.2, 0.25) is 0 Å². The standard InChI is InChI=1S/C12H14ClNOS2/c1-2-8(13)3-5-14-12(15)11-7-10-9(17-11)4-6-16-10/h4,6-8H,2-3,5H2,1H3,(H,14,15). The lowest BCUT2D eigenvalue weighted by atomic mass is 10.2. The van der Waals surface area contributed by atoms with Crippen LogP contribution in [0.15, 0.2) is 17.5 Å². The van der Waals surface area contributed by atoms with E-state index in [1.807, 2.05) is 24.4 Å². The van der Waals surface area contributed by atoms with Crippen molar-refractivity contribution in [3.05, 3.63) is 22.4 Å². The first-order valence-electron chi connectivity index (χ1n) is 5.60. The summed E-state index contributed by atoms with van der Waals surface area (Å²) in [6, 6.07) is 4.01. The topological polar surface area (TPSA) is 29.1 Å². The van der Waals surface area contributed by atoms with Crippen LogP contribution in [0.25, 0.3) is 9.40 Å². The van der Waals surface area contributed by atoms with Crippen LogP contribution in [0.4, 0.5) is 0 Å². The molecule has 0 saturated heterocycles. The number of thiophene rings is 2. The van der Waals surface area contributed by atoms with E-state index in [1.54, 1.807) is 22.7 Å². The molecule has 0 saturated carbocycles. The van der Waals surface area contributed by atoms with Crippen molar-refractivity contribution in [3.63, 3.8) is 0 Å². The van der Waals surface area contributed by atoms with Gasteiger partial charge in [-0.05, 0) is 30.4 Å². The van der Waals surface area contributed by atoms with E-state index in [-0.39, 0.29) is 11.3 Å². The van der Waals surface area contributed by atoms with Gasteiger partial charge in [-0.25, -0.2) is 0 Å². The Labute approximate surface area is 114 Å². The van der Waals surface area contributed by atoms with Crippen LogP contribution in [0.2, 0.25) is 0 Å². The Morgan fingerprint density at radius 3 is 3.06 bits per heavy atom. The third-order valence-corrected chi connectivity index (χ3v) is 5.17. The quantitative estimate of drug-likeness (QED) is 0.824. The van der Waals surface area contributed by atoms with Gasteiger partial charge in [-0.1, -0.05) is 6.92 Å². The third-order valence-electron chi connectivity index (χ3n) is 2.55. The van der Waals surface area contributed by atoms with E-state index < -0.39 is 0 Å². The summed E-state index contributed by atoms with van der Waals surface area (Å²) in [6.45, 7) is 2.69. The summed E-state index contributed by atoms with van der Waals surface area (Å²) in [6.07, 6.45) is 1.76. The third kappa shape index (κ3) is 3.21. The molecule has 5 heteroatoms. The van der Waals surface area contributed by atoms with Gasteiger partial charge in [-0.3, -0.25) is 4.79 Å². The lowest BCUT2D eigenvalue weighted by Gasteiger charge is -2.06. The summed E-state index contributed by atoms with van der Waals surface area (Å²) >= 11 is 9.20. The second-order valence-electron chi connectivity index (χ2n) is 3.81. The highest BCUT2D eigenvalue weighted by atomic mass is 35.5. The van der Waals surface area contributed by atoms with Gasteiger partial charge in [0.25, 0.3) is 5.91 Å². The maximum atomic E-state index is 11.8. The summed E-state index contributed by atoms with van der Waals surface area (Å²) in [4.78, 5) is 12.6. The minimum absolute atomic E-state index is 0.0124. The first-order valence-corrected chi connectivity index (χ1v) is 7.73. The van der Waals surface area contributed by atoms with Crippen LogP contribution in [-0.2, 0) is 0 Å². The Kier molecular flexibility index (Phi) is 4.42. The first-order chi connectivity index (χ1) is 8.20. The average molecular weight is 288 g/mol. The minimum atomic E-state index is 0.0124. The Morgan fingerprint density at radius 1 is 1.53 bits per heavy atom. The second-order valence-corrected chi connectivity index (χ2v) is 6.46. The van der Waals surface area contributed by atoms with E-state index in [9.17, 15) is 4.79 Å². The van der Waals surface area contributed by atoms with Crippen LogP contribution < -0.4 is 5.32 Å². The molecule has 0 aliphatic carbocycles. The van der Waals surface area contributed by atoms with Crippen LogP contribution in [0.5, 0.6) is 0 Å². The van der Waals surface area contributed by atoms with Gasteiger partial charge in [0.05, 0.1) is 4.88 Å². The number of hydrogen-bond donors (Lipinski definition) is 1. The summed E-state index contributed by atoms with van der Waals surface area (Å²) < 4.78 is 2.37. The van der Waals surface area contributed by atoms with Gasteiger partial charge >= 0.3 is 0 Å². The molecule has 0 fully saturated rings. The predicted octanol–water partition coefficient (Wildman–Crippen LogP) is 4.10. The number of carbonyl (C=O) groups is 1. The average Bonchev–Trinajstić information content (AvgIpc) is 2.88. The van der Waals surface area contributed by atoms with E-state index in [0.29, 0.717) is 6.54 Å². The molecule has 1 N–H and O–H groups in total. The Bertz CT molecular complexity index is 477. The van der Waals surface area contributed by atoms with Gasteiger partial charge < -0.3 is 5.32 Å². The summed E-state index contributed by atoms with van der Waals surface area (Å²) in [7, 11) is 0. The maximum absolute atomic E-state index is 11.8. The fourth-order valence-corrected chi connectivity index (χ4v) is 3.65. The normalized spacial score (nSPS) is 12.8. The number of nitrogens with one attached hydrogen (secondary N) is 1. The number of amides is 1. The smallest absolute Gasteiger partial charge is 0.261 e. The van der Waals surface area contributed by atoms with E-state index >= 15 is 0 Å². The monoisotopic (exact) mass is 287 g/mol. The summed E-state index contributed by atoms with van der Waals surface area (Å²) in [5.41, 5.74) is 0. The molecule has 2 heterocycles. The number of carbonyl (C=O) groups excluding carboxylic acids is 1. The molecule has 0 spiro atoms. The highest BCUT2D eigenvalue weighted by Gasteiger charge is 2.10. The van der Waals surface area contributed by atoms with Crippen LogP contribution in [0.1, 0.15) is 29.4 Å². The van der Waals surface area contributed by atoms with Crippen molar-refractivity contribution in [2.24, 2.45) is 0 Å². The molecule has 2 aromatic rings. The molecule has 0 aromatic carbocycles. The molecule has 0 aliphatic rings. The SMILES string of the molecule is CCC(Cl)CCNC(=O)c1cc2sccc2s1. The summed E-state index contributed by atoms with van der Waals surface area (Å²) in [5, 5.41) is 5.11. The number of fused-ring (bicyclic) bond motifs is 1. The fraction of sp³-hybridized carbons (Fsp3) is 0.417. The molecule has 0 aliphatic heterocycles. The van der Waals surface area contributed by atoms with Gasteiger partial charge in [0.15, 0.2) is 0 Å². The number of alkyl halides is 1. The highest BCUT2D eigenvalue weighted by Crippen LogP contribution is 2.29. The van der Waals surface area contributed by atoms with Crippen molar-refractivity contribution in [2.45, 2.75) is 25.1 Å². The van der Waals surface area contributed by atoms with Crippen LogP contribution in [0, 0.1) is 0 Å². The summed E-state index contributed by atoms with van der Waals surface area (Å²) in [5.74, 6) is 0.0124. The Hall–Kier alpha value is -0.580. The largest absolute Gasteiger partial charge is 0.351 e. The highest BCUT2D eigenvalue weighted by molar-refractivity contribution is 7.27. The molecule has 92 valence electrons. The molecule has 2 nitrogen and oxygen atoms in total. The van der Waals surface area contributed by atoms with E-state index in [0.717, 1.165) is 17.7 Å². The van der Waals surface area contributed by atoms with Crippen molar-refractivity contribution in [3.8, 4) is 0 Å². The van der Waals surface area contributed by atoms with E-state index in [4.69, 9.17) is 11.6 Å². The Balaban J connectivity index is 1.90. The number of rotatable bonds is 5. The van der Waals surface area contributed by atoms with Gasteiger partial charge in [-0.2, -0.15) is 0 Å². The molecular formula is C12H14ClNOS2. The molecule has 1 unspecified atom stereocenters. The van der Waals surface area contributed by atoms with Crippen molar-refractivity contribution in [1.82, 2.24) is 5.32 Å². The molecule has 1 atom stereocenters. The molecule has 2 rings (SSSR count). The molecular weight excluding hydrogens is 274 g/mol. The fourth-order valence-electron chi connectivity index (χ4n) is 1.51. The van der Waals surface area contributed by atoms with E-state index in [2.05, 4.69) is 5.32 Å². The van der Waals surface area contributed by atoms with Gasteiger partial charge in [0, 0.05) is 21.3 Å². The molecule has 0 radical (unpaired) electrons. The number of halogens is 1. The zero-order chi connectivity index (χ0) is 12.3.